The molecule has 0 fully saturated rings. The van der Waals surface area contributed by atoms with Crippen molar-refractivity contribution in [1.82, 2.24) is 9.78 Å². The lowest BCUT2D eigenvalue weighted by Crippen LogP contribution is -2.08. The molecule has 0 unspecified atom stereocenters. The molecule has 0 saturated heterocycles. The van der Waals surface area contributed by atoms with Gasteiger partial charge in [0.25, 0.3) is 0 Å². The number of thioether (sulfide) groups is 1. The predicted octanol–water partition coefficient (Wildman–Crippen LogP) is 4.63. The molecule has 0 aliphatic heterocycles. The molecular formula is C17H17F3N4OS. The third kappa shape index (κ3) is 4.58. The van der Waals surface area contributed by atoms with Crippen molar-refractivity contribution in [3.8, 4) is 6.07 Å². The first kappa shape index (κ1) is 19.8. The molecule has 0 aliphatic rings. The molecule has 0 bridgehead atoms. The molecule has 0 atom stereocenters. The number of alkyl halides is 3. The summed E-state index contributed by atoms with van der Waals surface area (Å²) in [5.74, 6) is 0.613. The Labute approximate surface area is 153 Å². The van der Waals surface area contributed by atoms with E-state index in [2.05, 4.69) is 16.2 Å². The third-order valence-electron chi connectivity index (χ3n) is 3.40. The Balaban J connectivity index is 2.48. The summed E-state index contributed by atoms with van der Waals surface area (Å²) >= 11 is 1.27. The summed E-state index contributed by atoms with van der Waals surface area (Å²) < 4.78 is 45.5. The minimum Gasteiger partial charge on any atom is -0.481 e. The fourth-order valence-corrected chi connectivity index (χ4v) is 2.83. The largest absolute Gasteiger partial charge is 0.481 e. The van der Waals surface area contributed by atoms with Gasteiger partial charge in [0.1, 0.15) is 16.7 Å². The van der Waals surface area contributed by atoms with Crippen LogP contribution < -0.4 is 0 Å². The second kappa shape index (κ2) is 8.27. The van der Waals surface area contributed by atoms with Crippen LogP contribution in [-0.2, 0) is 17.5 Å². The van der Waals surface area contributed by atoms with Gasteiger partial charge in [0.15, 0.2) is 11.7 Å². The van der Waals surface area contributed by atoms with E-state index in [1.165, 1.54) is 22.5 Å². The number of halogens is 3. The smallest absolute Gasteiger partial charge is 0.416 e. The number of ether oxygens (including phenoxy) is 1. The highest BCUT2D eigenvalue weighted by atomic mass is 32.2. The van der Waals surface area contributed by atoms with Crippen LogP contribution in [0.5, 0.6) is 0 Å². The molecule has 2 rings (SSSR count). The van der Waals surface area contributed by atoms with Crippen LogP contribution in [0.3, 0.4) is 0 Å². The summed E-state index contributed by atoms with van der Waals surface area (Å²) in [4.78, 5) is 4.29. The van der Waals surface area contributed by atoms with Crippen LogP contribution in [0.2, 0.25) is 0 Å². The van der Waals surface area contributed by atoms with Gasteiger partial charge in [0.2, 0.25) is 0 Å². The Morgan fingerprint density at radius 1 is 1.42 bits per heavy atom. The number of hydrogen-bond acceptors (Lipinski definition) is 5. The molecule has 26 heavy (non-hydrogen) atoms. The van der Waals surface area contributed by atoms with Crippen LogP contribution in [0.4, 0.5) is 19.0 Å². The van der Waals surface area contributed by atoms with Gasteiger partial charge >= 0.3 is 6.18 Å². The number of rotatable bonds is 5. The maximum absolute atomic E-state index is 12.9. The predicted molar refractivity (Wildman–Crippen MR) is 93.7 cm³/mol. The van der Waals surface area contributed by atoms with Gasteiger partial charge in [-0.2, -0.15) is 28.5 Å². The first-order valence-electron chi connectivity index (χ1n) is 7.69. The average Bonchev–Trinajstić information content (AvgIpc) is 2.91. The number of aromatic nitrogens is 2. The van der Waals surface area contributed by atoms with E-state index in [1.54, 1.807) is 26.2 Å². The van der Waals surface area contributed by atoms with Crippen molar-refractivity contribution >= 4 is 23.5 Å². The number of hydrogen-bond donors (Lipinski definition) is 0. The Morgan fingerprint density at radius 2 is 2.15 bits per heavy atom. The number of nitrogens with zero attached hydrogens (tertiary/aromatic N) is 4. The Bertz CT molecular complexity index is 853. The van der Waals surface area contributed by atoms with Crippen molar-refractivity contribution in [2.75, 3.05) is 12.9 Å². The van der Waals surface area contributed by atoms with Crippen molar-refractivity contribution in [3.05, 3.63) is 41.0 Å². The molecule has 0 spiro atoms. The van der Waals surface area contributed by atoms with Crippen molar-refractivity contribution < 1.29 is 17.9 Å². The Morgan fingerprint density at radius 3 is 2.73 bits per heavy atom. The molecule has 1 aromatic carbocycles. The first-order chi connectivity index (χ1) is 12.3. The number of aliphatic imine (C=N–C) groups is 1. The van der Waals surface area contributed by atoms with Crippen LogP contribution in [0.25, 0.3) is 0 Å². The van der Waals surface area contributed by atoms with E-state index in [-0.39, 0.29) is 17.9 Å². The van der Waals surface area contributed by atoms with Crippen LogP contribution in [-0.4, -0.2) is 28.5 Å². The Hall–Kier alpha value is -2.47. The van der Waals surface area contributed by atoms with Crippen LogP contribution >= 0.6 is 11.8 Å². The molecule has 0 radical (unpaired) electrons. The summed E-state index contributed by atoms with van der Waals surface area (Å²) in [6, 6.07) is 7.05. The fraction of sp³-hybridized carbons (Fsp3) is 0.353. The molecular weight excluding hydrogens is 365 g/mol. The highest BCUT2D eigenvalue weighted by Crippen LogP contribution is 2.32. The van der Waals surface area contributed by atoms with Crippen molar-refractivity contribution in [1.29, 1.82) is 5.26 Å². The van der Waals surface area contributed by atoms with Gasteiger partial charge in [-0.15, -0.1) is 11.8 Å². The van der Waals surface area contributed by atoms with E-state index >= 15 is 0 Å². The lowest BCUT2D eigenvalue weighted by Gasteiger charge is -2.10. The molecule has 2 aromatic rings. The molecule has 1 aromatic heterocycles. The summed E-state index contributed by atoms with van der Waals surface area (Å²) in [7, 11) is 0. The molecule has 0 N–H and O–H groups in total. The molecule has 5 nitrogen and oxygen atoms in total. The SMILES string of the molecule is CCO/C(C)=N/c1c(C#N)c(SC)nn1Cc1cccc(C(F)(F)F)c1. The highest BCUT2D eigenvalue weighted by Gasteiger charge is 2.30. The molecule has 138 valence electrons. The van der Waals surface area contributed by atoms with Gasteiger partial charge in [-0.05, 0) is 30.9 Å². The van der Waals surface area contributed by atoms with Gasteiger partial charge < -0.3 is 4.74 Å². The van der Waals surface area contributed by atoms with E-state index in [0.717, 1.165) is 12.1 Å². The van der Waals surface area contributed by atoms with Crippen molar-refractivity contribution in [2.24, 2.45) is 4.99 Å². The number of nitriles is 1. The normalized spacial score (nSPS) is 12.1. The minimum absolute atomic E-state index is 0.0530. The van der Waals surface area contributed by atoms with Gasteiger partial charge in [0.05, 0.1) is 18.7 Å². The number of benzene rings is 1. The van der Waals surface area contributed by atoms with Crippen molar-refractivity contribution in [2.45, 2.75) is 31.6 Å². The monoisotopic (exact) mass is 382 g/mol. The topological polar surface area (TPSA) is 63.2 Å². The van der Waals surface area contributed by atoms with Gasteiger partial charge in [0, 0.05) is 6.92 Å². The molecule has 0 saturated carbocycles. The molecule has 0 aliphatic carbocycles. The zero-order valence-corrected chi connectivity index (χ0v) is 15.3. The van der Waals surface area contributed by atoms with E-state index in [0.29, 0.717) is 23.1 Å². The standard InChI is InChI=1S/C17H17F3N4OS/c1-4-25-11(2)22-15-14(9-21)16(26-3)23-24(15)10-12-6-5-7-13(8-12)17(18,19)20/h5-8H,4,10H2,1-3H3/b22-11+. The van der Waals surface area contributed by atoms with Crippen molar-refractivity contribution in [3.63, 3.8) is 0 Å². The summed E-state index contributed by atoms with van der Waals surface area (Å²) in [6.45, 7) is 3.91. The average molecular weight is 382 g/mol. The van der Waals surface area contributed by atoms with Gasteiger partial charge in [-0.3, -0.25) is 0 Å². The van der Waals surface area contributed by atoms with E-state index in [1.807, 2.05) is 0 Å². The lowest BCUT2D eigenvalue weighted by atomic mass is 10.1. The molecule has 0 amide bonds. The highest BCUT2D eigenvalue weighted by molar-refractivity contribution is 7.98. The summed E-state index contributed by atoms with van der Waals surface area (Å²) in [6.07, 6.45) is -2.66. The van der Waals surface area contributed by atoms with Crippen LogP contribution in [0.1, 0.15) is 30.5 Å². The summed E-state index contributed by atoms with van der Waals surface area (Å²) in [5, 5.41) is 14.2. The minimum atomic E-state index is -4.42. The quantitative estimate of drug-likeness (QED) is 0.430. The van der Waals surface area contributed by atoms with E-state index in [4.69, 9.17) is 4.74 Å². The van der Waals surface area contributed by atoms with Crippen LogP contribution in [0.15, 0.2) is 34.3 Å². The zero-order valence-electron chi connectivity index (χ0n) is 14.5. The fourth-order valence-electron chi connectivity index (χ4n) is 2.31. The lowest BCUT2D eigenvalue weighted by molar-refractivity contribution is -0.137. The maximum atomic E-state index is 12.9. The summed E-state index contributed by atoms with van der Waals surface area (Å²) in [5.41, 5.74) is -0.0585. The van der Waals surface area contributed by atoms with E-state index < -0.39 is 11.7 Å². The van der Waals surface area contributed by atoms with Gasteiger partial charge in [-0.25, -0.2) is 4.68 Å². The van der Waals surface area contributed by atoms with Gasteiger partial charge in [-0.1, -0.05) is 12.1 Å². The Kier molecular flexibility index (Phi) is 6.32. The van der Waals surface area contributed by atoms with E-state index in [9.17, 15) is 18.4 Å². The van der Waals surface area contributed by atoms with Crippen LogP contribution in [0, 0.1) is 11.3 Å². The molecule has 9 heteroatoms. The maximum Gasteiger partial charge on any atom is 0.416 e. The molecule has 1 heterocycles. The first-order valence-corrected chi connectivity index (χ1v) is 8.91. The second-order valence-electron chi connectivity index (χ2n) is 5.24. The third-order valence-corrected chi connectivity index (χ3v) is 4.07. The zero-order chi connectivity index (χ0) is 19.3. The second-order valence-corrected chi connectivity index (χ2v) is 6.03.